The molecule has 3 rings (SSSR count). The molecule has 0 bridgehead atoms. The first-order chi connectivity index (χ1) is 14.0. The first kappa shape index (κ1) is 21.6. The van der Waals surface area contributed by atoms with Gasteiger partial charge in [0, 0.05) is 25.1 Å². The summed E-state index contributed by atoms with van der Waals surface area (Å²) in [5, 5.41) is 12.2. The number of benzene rings is 1. The van der Waals surface area contributed by atoms with Gasteiger partial charge >= 0.3 is 0 Å². The minimum absolute atomic E-state index is 0.217. The fourth-order valence-electron chi connectivity index (χ4n) is 2.52. The minimum Gasteiger partial charge on any atom is -0.383 e. The number of ether oxygens (including phenoxy) is 1. The highest BCUT2D eigenvalue weighted by Gasteiger charge is 2.21. The van der Waals surface area contributed by atoms with Gasteiger partial charge in [-0.05, 0) is 31.2 Å². The second kappa shape index (κ2) is 10.1. The Kier molecular flexibility index (Phi) is 7.49. The number of amides is 1. The maximum atomic E-state index is 12.7. The van der Waals surface area contributed by atoms with Crippen molar-refractivity contribution in [2.75, 3.05) is 19.0 Å². The Morgan fingerprint density at radius 3 is 2.72 bits per heavy atom. The summed E-state index contributed by atoms with van der Waals surface area (Å²) >= 11 is 13.5. The Balaban J connectivity index is 1.78. The fourth-order valence-corrected chi connectivity index (χ4v) is 3.74. The van der Waals surface area contributed by atoms with Crippen LogP contribution in [0.15, 0.2) is 47.9 Å². The molecule has 10 heteroatoms. The van der Waals surface area contributed by atoms with Gasteiger partial charge in [-0.25, -0.2) is 0 Å². The van der Waals surface area contributed by atoms with Gasteiger partial charge < -0.3 is 10.1 Å². The molecule has 0 aliphatic heterocycles. The van der Waals surface area contributed by atoms with Crippen LogP contribution in [0.3, 0.4) is 0 Å². The van der Waals surface area contributed by atoms with Crippen molar-refractivity contribution in [3.8, 4) is 11.4 Å². The summed E-state index contributed by atoms with van der Waals surface area (Å²) in [6, 6.07) is 8.81. The summed E-state index contributed by atoms with van der Waals surface area (Å²) in [6.45, 7) is 2.83. The lowest BCUT2D eigenvalue weighted by Gasteiger charge is -2.14. The van der Waals surface area contributed by atoms with E-state index < -0.39 is 5.25 Å². The van der Waals surface area contributed by atoms with Gasteiger partial charge in [0.15, 0.2) is 11.0 Å². The predicted octanol–water partition coefficient (Wildman–Crippen LogP) is 4.41. The number of anilines is 1. The van der Waals surface area contributed by atoms with Gasteiger partial charge in [0.05, 0.1) is 34.1 Å². The van der Waals surface area contributed by atoms with E-state index in [1.165, 1.54) is 11.8 Å². The van der Waals surface area contributed by atoms with E-state index in [4.69, 9.17) is 27.9 Å². The summed E-state index contributed by atoms with van der Waals surface area (Å²) in [5.41, 5.74) is 1.35. The standard InChI is InChI=1S/C19H19Cl2N5O2S/c1-12(18(27)23-15-5-3-4-14(20)16(15)21)29-19-25-24-17(26(19)10-11-28-2)13-6-8-22-9-7-13/h3-9,12H,10-11H2,1-2H3,(H,23,27). The highest BCUT2D eigenvalue weighted by molar-refractivity contribution is 8.00. The van der Waals surface area contributed by atoms with E-state index in [1.54, 1.807) is 44.6 Å². The van der Waals surface area contributed by atoms with E-state index >= 15 is 0 Å². The zero-order valence-corrected chi connectivity index (χ0v) is 18.1. The third-order valence-electron chi connectivity index (χ3n) is 4.04. The van der Waals surface area contributed by atoms with Gasteiger partial charge in [0.25, 0.3) is 0 Å². The number of methoxy groups -OCH3 is 1. The van der Waals surface area contributed by atoms with Crippen LogP contribution in [-0.4, -0.2) is 44.6 Å². The van der Waals surface area contributed by atoms with Crippen LogP contribution in [0.4, 0.5) is 5.69 Å². The fraction of sp³-hybridized carbons (Fsp3) is 0.263. The maximum Gasteiger partial charge on any atom is 0.237 e. The molecular weight excluding hydrogens is 433 g/mol. The van der Waals surface area contributed by atoms with Crippen LogP contribution in [0.2, 0.25) is 10.0 Å². The van der Waals surface area contributed by atoms with Crippen molar-refractivity contribution >= 4 is 46.6 Å². The van der Waals surface area contributed by atoms with Crippen LogP contribution < -0.4 is 5.32 Å². The molecule has 1 unspecified atom stereocenters. The largest absolute Gasteiger partial charge is 0.383 e. The van der Waals surface area contributed by atoms with Crippen LogP contribution in [0.5, 0.6) is 0 Å². The predicted molar refractivity (Wildman–Crippen MR) is 116 cm³/mol. The number of hydrogen-bond donors (Lipinski definition) is 1. The van der Waals surface area contributed by atoms with Crippen molar-refractivity contribution in [3.05, 3.63) is 52.8 Å². The van der Waals surface area contributed by atoms with Crippen molar-refractivity contribution in [1.82, 2.24) is 19.7 Å². The second-order valence-corrected chi connectivity index (χ2v) is 8.13. The first-order valence-electron chi connectivity index (χ1n) is 8.75. The lowest BCUT2D eigenvalue weighted by Crippen LogP contribution is -2.23. The monoisotopic (exact) mass is 451 g/mol. The molecule has 2 heterocycles. The first-order valence-corrected chi connectivity index (χ1v) is 10.4. The molecule has 1 N–H and O–H groups in total. The van der Waals surface area contributed by atoms with Gasteiger partial charge in [-0.2, -0.15) is 0 Å². The molecule has 2 aromatic heterocycles. The highest BCUT2D eigenvalue weighted by Crippen LogP contribution is 2.31. The Morgan fingerprint density at radius 2 is 2.00 bits per heavy atom. The molecule has 0 radical (unpaired) electrons. The van der Waals surface area contributed by atoms with E-state index in [-0.39, 0.29) is 5.91 Å². The summed E-state index contributed by atoms with van der Waals surface area (Å²) in [7, 11) is 1.63. The molecule has 0 aliphatic rings. The van der Waals surface area contributed by atoms with Crippen LogP contribution >= 0.6 is 35.0 Å². The van der Waals surface area contributed by atoms with E-state index in [0.29, 0.717) is 39.9 Å². The molecule has 0 saturated heterocycles. The lowest BCUT2D eigenvalue weighted by atomic mass is 10.2. The third kappa shape index (κ3) is 5.27. The van der Waals surface area contributed by atoms with Crippen molar-refractivity contribution in [3.63, 3.8) is 0 Å². The highest BCUT2D eigenvalue weighted by atomic mass is 35.5. The Morgan fingerprint density at radius 1 is 1.24 bits per heavy atom. The van der Waals surface area contributed by atoms with Crippen molar-refractivity contribution in [2.45, 2.75) is 23.9 Å². The lowest BCUT2D eigenvalue weighted by molar-refractivity contribution is -0.115. The Bertz CT molecular complexity index is 984. The molecule has 1 aromatic carbocycles. The van der Waals surface area contributed by atoms with Gasteiger partial charge in [-0.15, -0.1) is 10.2 Å². The topological polar surface area (TPSA) is 81.9 Å². The molecule has 1 amide bonds. The van der Waals surface area contributed by atoms with E-state index in [2.05, 4.69) is 20.5 Å². The number of carbonyl (C=O) groups excluding carboxylic acids is 1. The molecule has 7 nitrogen and oxygen atoms in total. The van der Waals surface area contributed by atoms with Crippen LogP contribution in [0.25, 0.3) is 11.4 Å². The van der Waals surface area contributed by atoms with Gasteiger partial charge in [0.2, 0.25) is 5.91 Å². The van der Waals surface area contributed by atoms with Crippen molar-refractivity contribution in [2.24, 2.45) is 0 Å². The zero-order valence-electron chi connectivity index (χ0n) is 15.8. The maximum absolute atomic E-state index is 12.7. The number of nitrogens with zero attached hydrogens (tertiary/aromatic N) is 4. The van der Waals surface area contributed by atoms with Crippen LogP contribution in [0.1, 0.15) is 6.92 Å². The molecule has 0 fully saturated rings. The normalized spacial score (nSPS) is 12.0. The van der Waals surface area contributed by atoms with Gasteiger partial charge in [0.1, 0.15) is 0 Å². The number of rotatable bonds is 8. The summed E-state index contributed by atoms with van der Waals surface area (Å²) < 4.78 is 7.14. The smallest absolute Gasteiger partial charge is 0.237 e. The number of nitrogens with one attached hydrogen (secondary N) is 1. The molecule has 152 valence electrons. The molecule has 29 heavy (non-hydrogen) atoms. The summed E-state index contributed by atoms with van der Waals surface area (Å²) in [4.78, 5) is 16.7. The number of pyridine rings is 1. The van der Waals surface area contributed by atoms with E-state index in [0.717, 1.165) is 5.56 Å². The molecule has 0 spiro atoms. The van der Waals surface area contributed by atoms with Crippen LogP contribution in [0, 0.1) is 0 Å². The van der Waals surface area contributed by atoms with Crippen molar-refractivity contribution in [1.29, 1.82) is 0 Å². The number of carbonyl (C=O) groups is 1. The summed E-state index contributed by atoms with van der Waals surface area (Å²) in [5.74, 6) is 0.475. The SMILES string of the molecule is COCCn1c(SC(C)C(=O)Nc2cccc(Cl)c2Cl)nnc1-c1ccncc1. The van der Waals surface area contributed by atoms with Crippen LogP contribution in [-0.2, 0) is 16.1 Å². The number of thioether (sulfide) groups is 1. The van der Waals surface area contributed by atoms with Crippen molar-refractivity contribution < 1.29 is 9.53 Å². The molecule has 3 aromatic rings. The van der Waals surface area contributed by atoms with Gasteiger partial charge in [-0.1, -0.05) is 41.0 Å². The quantitative estimate of drug-likeness (QED) is 0.510. The molecule has 0 aliphatic carbocycles. The zero-order chi connectivity index (χ0) is 20.8. The Hall–Kier alpha value is -2.13. The van der Waals surface area contributed by atoms with E-state index in [1.807, 2.05) is 16.7 Å². The average molecular weight is 452 g/mol. The minimum atomic E-state index is -0.444. The number of halogens is 2. The number of aromatic nitrogens is 4. The van der Waals surface area contributed by atoms with Gasteiger partial charge in [-0.3, -0.25) is 14.3 Å². The molecule has 1 atom stereocenters. The summed E-state index contributed by atoms with van der Waals surface area (Å²) in [6.07, 6.45) is 3.39. The Labute approximate surface area is 182 Å². The number of hydrogen-bond acceptors (Lipinski definition) is 6. The molecular formula is C19H19Cl2N5O2S. The average Bonchev–Trinajstić information content (AvgIpc) is 3.12. The van der Waals surface area contributed by atoms with E-state index in [9.17, 15) is 4.79 Å². The third-order valence-corrected chi connectivity index (χ3v) is 5.93. The second-order valence-electron chi connectivity index (χ2n) is 6.04. The molecule has 0 saturated carbocycles.